The topological polar surface area (TPSA) is 26.3 Å². The van der Waals surface area contributed by atoms with Gasteiger partial charge in [0.05, 0.1) is 0 Å². The first-order valence-electron chi connectivity index (χ1n) is 6.24. The minimum absolute atomic E-state index is 0.279. The maximum absolute atomic E-state index is 11.6. The lowest BCUT2D eigenvalue weighted by Gasteiger charge is -2.34. The SMILES string of the molecule is C=C(C)C(=O)OC(C)(C)C1C=C(C)C(C)C1C. The van der Waals surface area contributed by atoms with E-state index in [1.807, 2.05) is 13.8 Å². The van der Waals surface area contributed by atoms with Crippen LogP contribution in [0.2, 0.25) is 0 Å². The van der Waals surface area contributed by atoms with Crippen LogP contribution in [0, 0.1) is 17.8 Å². The summed E-state index contributed by atoms with van der Waals surface area (Å²) < 4.78 is 5.57. The van der Waals surface area contributed by atoms with Gasteiger partial charge in [0.25, 0.3) is 0 Å². The van der Waals surface area contributed by atoms with Crippen molar-refractivity contribution in [1.82, 2.24) is 0 Å². The molecule has 96 valence electrons. The first kappa shape index (κ1) is 14.0. The van der Waals surface area contributed by atoms with Crippen LogP contribution in [0.4, 0.5) is 0 Å². The Morgan fingerprint density at radius 2 is 1.94 bits per heavy atom. The molecule has 3 unspecified atom stereocenters. The van der Waals surface area contributed by atoms with E-state index < -0.39 is 5.60 Å². The smallest absolute Gasteiger partial charge is 0.333 e. The molecular formula is C15H24O2. The number of hydrogen-bond acceptors (Lipinski definition) is 2. The quantitative estimate of drug-likeness (QED) is 0.424. The first-order valence-corrected chi connectivity index (χ1v) is 6.24. The summed E-state index contributed by atoms with van der Waals surface area (Å²) in [5, 5.41) is 0. The van der Waals surface area contributed by atoms with Crippen molar-refractivity contribution in [3.05, 3.63) is 23.8 Å². The molecule has 0 fully saturated rings. The van der Waals surface area contributed by atoms with Gasteiger partial charge in [-0.3, -0.25) is 0 Å². The molecule has 0 amide bonds. The molecule has 0 radical (unpaired) electrons. The maximum Gasteiger partial charge on any atom is 0.333 e. The van der Waals surface area contributed by atoms with Crippen molar-refractivity contribution in [1.29, 1.82) is 0 Å². The van der Waals surface area contributed by atoms with Crippen molar-refractivity contribution in [2.24, 2.45) is 17.8 Å². The zero-order valence-electron chi connectivity index (χ0n) is 11.8. The van der Waals surface area contributed by atoms with E-state index >= 15 is 0 Å². The number of esters is 1. The zero-order valence-corrected chi connectivity index (χ0v) is 11.8. The Bertz CT molecular complexity index is 363. The maximum atomic E-state index is 11.6. The minimum atomic E-state index is -0.471. The number of hydrogen-bond donors (Lipinski definition) is 0. The Kier molecular flexibility index (Phi) is 3.85. The van der Waals surface area contributed by atoms with Crippen LogP contribution in [0.5, 0.6) is 0 Å². The molecule has 0 aliphatic heterocycles. The molecule has 2 heteroatoms. The molecule has 1 rings (SSSR count). The highest BCUT2D eigenvalue weighted by Gasteiger charge is 2.41. The van der Waals surface area contributed by atoms with Crippen LogP contribution in [0.15, 0.2) is 23.8 Å². The van der Waals surface area contributed by atoms with E-state index in [1.54, 1.807) is 6.92 Å². The van der Waals surface area contributed by atoms with E-state index in [4.69, 9.17) is 4.74 Å². The van der Waals surface area contributed by atoms with Gasteiger partial charge in [0, 0.05) is 11.5 Å². The fourth-order valence-electron chi connectivity index (χ4n) is 2.54. The predicted octanol–water partition coefficient (Wildman–Crippen LogP) is 3.73. The number of rotatable bonds is 3. The van der Waals surface area contributed by atoms with Gasteiger partial charge in [-0.15, -0.1) is 0 Å². The summed E-state index contributed by atoms with van der Waals surface area (Å²) in [5.41, 5.74) is 1.38. The molecule has 0 N–H and O–H groups in total. The average molecular weight is 236 g/mol. The fourth-order valence-corrected chi connectivity index (χ4v) is 2.54. The summed E-state index contributed by atoms with van der Waals surface area (Å²) in [5.74, 6) is 1.04. The van der Waals surface area contributed by atoms with Crippen LogP contribution >= 0.6 is 0 Å². The third-order valence-corrected chi connectivity index (χ3v) is 4.02. The third-order valence-electron chi connectivity index (χ3n) is 4.02. The number of carbonyl (C=O) groups excluding carboxylic acids is 1. The van der Waals surface area contributed by atoms with E-state index in [0.717, 1.165) is 0 Å². The second-order valence-electron chi connectivity index (χ2n) is 5.86. The molecule has 17 heavy (non-hydrogen) atoms. The van der Waals surface area contributed by atoms with E-state index in [9.17, 15) is 4.79 Å². The van der Waals surface area contributed by atoms with Crippen LogP contribution in [-0.4, -0.2) is 11.6 Å². The van der Waals surface area contributed by atoms with E-state index in [2.05, 4.69) is 33.4 Å². The summed E-state index contributed by atoms with van der Waals surface area (Å²) >= 11 is 0. The normalized spacial score (nSPS) is 28.8. The molecule has 0 bridgehead atoms. The van der Waals surface area contributed by atoms with Gasteiger partial charge in [0.2, 0.25) is 0 Å². The van der Waals surface area contributed by atoms with Gasteiger partial charge in [0.15, 0.2) is 0 Å². The lowest BCUT2D eigenvalue weighted by Crippen LogP contribution is -2.38. The summed E-state index contributed by atoms with van der Waals surface area (Å²) in [6, 6.07) is 0. The summed E-state index contributed by atoms with van der Waals surface area (Å²) in [6.45, 7) is 15.9. The molecule has 0 saturated carbocycles. The Balaban J connectivity index is 2.85. The van der Waals surface area contributed by atoms with Gasteiger partial charge < -0.3 is 4.74 Å². The standard InChI is InChI=1S/C15H24O2/c1-9(2)14(16)17-15(6,7)13-8-10(3)11(4)12(13)5/h8,11-13H,1H2,2-7H3. The molecule has 1 aliphatic carbocycles. The van der Waals surface area contributed by atoms with Crippen LogP contribution in [0.3, 0.4) is 0 Å². The molecule has 1 aliphatic rings. The zero-order chi connectivity index (χ0) is 13.4. The summed E-state index contributed by atoms with van der Waals surface area (Å²) in [4.78, 5) is 11.6. The molecule has 0 aromatic heterocycles. The van der Waals surface area contributed by atoms with Crippen molar-refractivity contribution >= 4 is 5.97 Å². The molecule has 0 spiro atoms. The lowest BCUT2D eigenvalue weighted by molar-refractivity contribution is -0.156. The van der Waals surface area contributed by atoms with Crippen LogP contribution in [-0.2, 0) is 9.53 Å². The van der Waals surface area contributed by atoms with Crippen LogP contribution in [0.1, 0.15) is 41.5 Å². The molecule has 3 atom stereocenters. The monoisotopic (exact) mass is 236 g/mol. The van der Waals surface area contributed by atoms with Gasteiger partial charge in [-0.1, -0.05) is 32.1 Å². The Labute approximate surface area is 105 Å². The molecular weight excluding hydrogens is 212 g/mol. The largest absolute Gasteiger partial charge is 0.456 e. The molecule has 2 nitrogen and oxygen atoms in total. The van der Waals surface area contributed by atoms with Gasteiger partial charge in [0.1, 0.15) is 5.60 Å². The van der Waals surface area contributed by atoms with E-state index in [1.165, 1.54) is 5.57 Å². The van der Waals surface area contributed by atoms with Crippen molar-refractivity contribution in [3.63, 3.8) is 0 Å². The van der Waals surface area contributed by atoms with E-state index in [-0.39, 0.29) is 11.9 Å². The highest BCUT2D eigenvalue weighted by atomic mass is 16.6. The van der Waals surface area contributed by atoms with Crippen LogP contribution in [0.25, 0.3) is 0 Å². The van der Waals surface area contributed by atoms with Gasteiger partial charge in [-0.25, -0.2) is 4.79 Å². The summed E-state index contributed by atoms with van der Waals surface area (Å²) in [6.07, 6.45) is 2.25. The third kappa shape index (κ3) is 2.80. The van der Waals surface area contributed by atoms with Crippen LogP contribution < -0.4 is 0 Å². The highest BCUT2D eigenvalue weighted by Crippen LogP contribution is 2.42. The van der Waals surface area contributed by atoms with Crippen molar-refractivity contribution in [2.75, 3.05) is 0 Å². The second kappa shape index (κ2) is 4.67. The minimum Gasteiger partial charge on any atom is -0.456 e. The molecule has 0 aromatic rings. The molecule has 0 saturated heterocycles. The Morgan fingerprint density at radius 1 is 1.41 bits per heavy atom. The first-order chi connectivity index (χ1) is 7.66. The van der Waals surface area contributed by atoms with E-state index in [0.29, 0.717) is 17.4 Å². The van der Waals surface area contributed by atoms with Crippen molar-refractivity contribution < 1.29 is 9.53 Å². The number of allylic oxidation sites excluding steroid dienone is 1. The van der Waals surface area contributed by atoms with Crippen molar-refractivity contribution in [3.8, 4) is 0 Å². The predicted molar refractivity (Wildman–Crippen MR) is 70.6 cm³/mol. The summed E-state index contributed by atoms with van der Waals surface area (Å²) in [7, 11) is 0. The highest BCUT2D eigenvalue weighted by molar-refractivity contribution is 5.87. The number of ether oxygens (including phenoxy) is 1. The molecule has 0 heterocycles. The molecule has 0 aromatic carbocycles. The Morgan fingerprint density at radius 3 is 2.29 bits per heavy atom. The van der Waals surface area contributed by atoms with Crippen molar-refractivity contribution in [2.45, 2.75) is 47.1 Å². The van der Waals surface area contributed by atoms with Gasteiger partial charge in [-0.2, -0.15) is 0 Å². The Hall–Kier alpha value is -1.05. The number of carbonyl (C=O) groups is 1. The average Bonchev–Trinajstić information content (AvgIpc) is 2.45. The fraction of sp³-hybridized carbons (Fsp3) is 0.667. The van der Waals surface area contributed by atoms with Gasteiger partial charge in [-0.05, 0) is 39.5 Å². The van der Waals surface area contributed by atoms with Gasteiger partial charge >= 0.3 is 5.97 Å². The second-order valence-corrected chi connectivity index (χ2v) is 5.86. The lowest BCUT2D eigenvalue weighted by atomic mass is 9.80.